The van der Waals surface area contributed by atoms with E-state index in [1.807, 2.05) is 0 Å². The third-order valence-electron chi connectivity index (χ3n) is 7.59. The number of ether oxygens (including phenoxy) is 2. The average molecular weight is 513 g/mol. The smallest absolute Gasteiger partial charge is 0.202 e. The number of carbonyl (C=O) groups is 3. The number of rotatable bonds is 3. The van der Waals surface area contributed by atoms with Crippen LogP contribution in [0.1, 0.15) is 75.8 Å². The highest BCUT2D eigenvalue weighted by molar-refractivity contribution is 6.31. The van der Waals surface area contributed by atoms with E-state index in [0.717, 1.165) is 6.92 Å². The molecule has 1 aliphatic heterocycles. The van der Waals surface area contributed by atoms with Crippen LogP contribution in [-0.4, -0.2) is 73.0 Å². The van der Waals surface area contributed by atoms with Crippen molar-refractivity contribution in [3.8, 4) is 17.2 Å². The number of benzene rings is 2. The Balaban J connectivity index is 1.68. The summed E-state index contributed by atoms with van der Waals surface area (Å²) < 4.78 is 11.7. The van der Waals surface area contributed by atoms with Gasteiger partial charge in [-0.25, -0.2) is 0 Å². The van der Waals surface area contributed by atoms with Crippen molar-refractivity contribution in [2.75, 3.05) is 0 Å². The number of ketones is 3. The maximum Gasteiger partial charge on any atom is 0.202 e. The monoisotopic (exact) mass is 513 g/mol. The van der Waals surface area contributed by atoms with E-state index in [4.69, 9.17) is 15.2 Å². The lowest BCUT2D eigenvalue weighted by molar-refractivity contribution is -0.247. The van der Waals surface area contributed by atoms with E-state index in [9.17, 15) is 39.9 Å². The average Bonchev–Trinajstić information content (AvgIpc) is 2.82. The third-order valence-corrected chi connectivity index (χ3v) is 7.59. The molecule has 2 aromatic carbocycles. The van der Waals surface area contributed by atoms with Crippen molar-refractivity contribution in [1.82, 2.24) is 0 Å². The lowest BCUT2D eigenvalue weighted by Gasteiger charge is -2.42. The van der Waals surface area contributed by atoms with Crippen LogP contribution in [0.2, 0.25) is 0 Å². The molecule has 0 amide bonds. The quantitative estimate of drug-likeness (QED) is 0.270. The topological polar surface area (TPSA) is 197 Å². The minimum Gasteiger partial charge on any atom is -0.507 e. The first-order valence-electron chi connectivity index (χ1n) is 11.9. The molecule has 2 aliphatic carbocycles. The van der Waals surface area contributed by atoms with E-state index in [2.05, 4.69) is 0 Å². The highest BCUT2D eigenvalue weighted by Gasteiger charge is 2.49. The van der Waals surface area contributed by atoms with E-state index < -0.39 is 88.4 Å². The second kappa shape index (κ2) is 8.61. The number of aromatic hydroxyl groups is 3. The maximum atomic E-state index is 13.4. The van der Waals surface area contributed by atoms with Gasteiger partial charge < -0.3 is 40.7 Å². The fourth-order valence-corrected chi connectivity index (χ4v) is 5.50. The summed E-state index contributed by atoms with van der Waals surface area (Å²) in [6.07, 6.45) is -4.68. The summed E-state index contributed by atoms with van der Waals surface area (Å²) >= 11 is 0. The van der Waals surface area contributed by atoms with Crippen molar-refractivity contribution in [3.05, 3.63) is 51.6 Å². The molecule has 0 aromatic heterocycles. The van der Waals surface area contributed by atoms with Crippen LogP contribution in [0.5, 0.6) is 17.2 Å². The van der Waals surface area contributed by atoms with Gasteiger partial charge in [-0.15, -0.1) is 0 Å². The number of phenols is 3. The molecule has 0 radical (unpaired) electrons. The maximum absolute atomic E-state index is 13.4. The highest BCUT2D eigenvalue weighted by atomic mass is 16.7. The first-order chi connectivity index (χ1) is 17.4. The fourth-order valence-electron chi connectivity index (χ4n) is 5.50. The Morgan fingerprint density at radius 3 is 2.43 bits per heavy atom. The van der Waals surface area contributed by atoms with Crippen molar-refractivity contribution in [2.24, 2.45) is 5.73 Å². The Morgan fingerprint density at radius 2 is 1.78 bits per heavy atom. The number of phenolic OH excluding ortho intramolecular Hbond substituents is 3. The number of Topliss-reactive ketones (excluding diaryl/α,β-unsaturated/α-hetero) is 1. The van der Waals surface area contributed by atoms with Crippen LogP contribution in [0.3, 0.4) is 0 Å². The third kappa shape index (κ3) is 3.73. The largest absolute Gasteiger partial charge is 0.507 e. The molecular weight excluding hydrogens is 486 g/mol. The van der Waals surface area contributed by atoms with Gasteiger partial charge in [-0.1, -0.05) is 12.1 Å². The molecule has 37 heavy (non-hydrogen) atoms. The van der Waals surface area contributed by atoms with Crippen LogP contribution in [-0.2, 0) is 20.7 Å². The summed E-state index contributed by atoms with van der Waals surface area (Å²) in [7, 11) is 0. The van der Waals surface area contributed by atoms with E-state index in [1.54, 1.807) is 6.92 Å². The summed E-state index contributed by atoms with van der Waals surface area (Å²) in [6, 6.07) is 3.20. The van der Waals surface area contributed by atoms with Crippen molar-refractivity contribution in [3.63, 3.8) is 0 Å². The van der Waals surface area contributed by atoms with Gasteiger partial charge in [0.25, 0.3) is 0 Å². The number of carbonyl (C=O) groups excluding carboxylic acids is 3. The summed E-state index contributed by atoms with van der Waals surface area (Å²) in [5, 5.41) is 54.1. The first-order valence-corrected chi connectivity index (χ1v) is 11.9. The van der Waals surface area contributed by atoms with Crippen molar-refractivity contribution < 1.29 is 49.4 Å². The number of aliphatic hydroxyl groups excluding tert-OH is 1. The Bertz CT molecular complexity index is 1340. The second-order valence-corrected chi connectivity index (χ2v) is 9.95. The van der Waals surface area contributed by atoms with Gasteiger partial charge in [-0.3, -0.25) is 14.4 Å². The molecule has 1 saturated heterocycles. The lowest BCUT2D eigenvalue weighted by Crippen LogP contribution is -2.52. The molecule has 0 saturated carbocycles. The zero-order valence-electron chi connectivity index (χ0n) is 20.1. The van der Waals surface area contributed by atoms with Gasteiger partial charge >= 0.3 is 0 Å². The van der Waals surface area contributed by atoms with Crippen LogP contribution in [0.15, 0.2) is 18.2 Å². The number of aliphatic hydroxyl groups is 2. The molecule has 5 rings (SSSR count). The molecule has 196 valence electrons. The van der Waals surface area contributed by atoms with Crippen LogP contribution in [0.4, 0.5) is 0 Å². The lowest BCUT2D eigenvalue weighted by atomic mass is 9.72. The standard InChI is InChI=1S/C26H27NO10/c1-9-21(30)13(27)6-16(36-9)37-15-8-26(35,10(2)28)7-12-18(15)25(34)20-19(23(12)32)22(31)11-4-3-5-14(29)17(11)24(20)33/h3-5,9,13,15-16,21,29-30,32,34-35H,6-8,27H2,1-2H3/t9-,13+,15?,16+,21+,26?/m1/s1. The van der Waals surface area contributed by atoms with E-state index in [-0.39, 0.29) is 35.1 Å². The molecule has 3 aliphatic rings. The van der Waals surface area contributed by atoms with Crippen LogP contribution in [0.25, 0.3) is 0 Å². The molecule has 7 N–H and O–H groups in total. The van der Waals surface area contributed by atoms with Crippen molar-refractivity contribution >= 4 is 17.3 Å². The van der Waals surface area contributed by atoms with Crippen LogP contribution < -0.4 is 5.73 Å². The van der Waals surface area contributed by atoms with Crippen molar-refractivity contribution in [2.45, 2.75) is 69.4 Å². The second-order valence-electron chi connectivity index (χ2n) is 9.95. The first kappa shape index (κ1) is 25.3. The molecule has 6 atom stereocenters. The molecular formula is C26H27NO10. The van der Waals surface area contributed by atoms with Gasteiger partial charge in [0.05, 0.1) is 35.0 Å². The van der Waals surface area contributed by atoms with Gasteiger partial charge in [0.2, 0.25) is 5.78 Å². The molecule has 11 heteroatoms. The fraction of sp³-hybridized carbons (Fsp3) is 0.423. The van der Waals surface area contributed by atoms with Gasteiger partial charge in [0.15, 0.2) is 17.9 Å². The Morgan fingerprint density at radius 1 is 1.11 bits per heavy atom. The molecule has 0 bridgehead atoms. The summed E-state index contributed by atoms with van der Waals surface area (Å²) in [4.78, 5) is 39.1. The van der Waals surface area contributed by atoms with E-state index >= 15 is 0 Å². The molecule has 0 spiro atoms. The summed E-state index contributed by atoms with van der Waals surface area (Å²) in [5.41, 5.74) is 2.29. The minimum absolute atomic E-state index is 0.0478. The zero-order chi connectivity index (χ0) is 27.0. The zero-order valence-corrected chi connectivity index (χ0v) is 20.1. The van der Waals surface area contributed by atoms with Gasteiger partial charge in [-0.2, -0.15) is 0 Å². The number of hydrogen-bond acceptors (Lipinski definition) is 11. The van der Waals surface area contributed by atoms with Crippen LogP contribution >= 0.6 is 0 Å². The predicted molar refractivity (Wildman–Crippen MR) is 125 cm³/mol. The normalized spacial score (nSPS) is 30.9. The van der Waals surface area contributed by atoms with Gasteiger partial charge in [0.1, 0.15) is 22.8 Å². The Hall–Kier alpha value is -3.35. The summed E-state index contributed by atoms with van der Waals surface area (Å²) in [6.45, 7) is 2.76. The number of fused-ring (bicyclic) bond motifs is 3. The van der Waals surface area contributed by atoms with Gasteiger partial charge in [-0.05, 0) is 19.9 Å². The van der Waals surface area contributed by atoms with Crippen LogP contribution in [0, 0.1) is 0 Å². The van der Waals surface area contributed by atoms with Crippen molar-refractivity contribution in [1.29, 1.82) is 0 Å². The molecule has 2 unspecified atom stereocenters. The molecule has 11 nitrogen and oxygen atoms in total. The number of hydrogen-bond donors (Lipinski definition) is 6. The Kier molecular flexibility index (Phi) is 5.89. The summed E-state index contributed by atoms with van der Waals surface area (Å²) in [5.74, 6) is -4.13. The Labute approximate surface area is 211 Å². The SMILES string of the molecule is CC(=O)C1(O)Cc2c(O)c3c(c(O)c2C(O[C@H]2C[C@H](N)[C@@H](O)[C@@H](C)O2)C1)C(=O)c1c(O)cccc1C3=O. The highest BCUT2D eigenvalue weighted by Crippen LogP contribution is 2.52. The number of nitrogens with two attached hydrogens (primary N) is 1. The molecule has 2 aromatic rings. The van der Waals surface area contributed by atoms with E-state index in [1.165, 1.54) is 18.2 Å². The predicted octanol–water partition coefficient (Wildman–Crippen LogP) is 0.726. The molecule has 1 heterocycles. The molecule has 1 fully saturated rings. The van der Waals surface area contributed by atoms with E-state index in [0.29, 0.717) is 0 Å². The van der Waals surface area contributed by atoms with Gasteiger partial charge in [0, 0.05) is 42.0 Å². The minimum atomic E-state index is -2.02.